The first kappa shape index (κ1) is 9.43. The highest BCUT2D eigenvalue weighted by Gasteiger charge is 2.60. The summed E-state index contributed by atoms with van der Waals surface area (Å²) in [5.74, 6) is 0. The van der Waals surface area contributed by atoms with Gasteiger partial charge in [-0.25, -0.2) is 0 Å². The Bertz CT molecular complexity index is 295. The molecule has 3 aliphatic rings. The van der Waals surface area contributed by atoms with Crippen LogP contribution in [0.15, 0.2) is 0 Å². The normalized spacial score (nSPS) is 48.8. The molecule has 0 spiro atoms. The molecule has 76 valence electrons. The Kier molecular flexibility index (Phi) is 2.13. The van der Waals surface area contributed by atoms with Gasteiger partial charge in [0.2, 0.25) is 0 Å². The second-order valence-corrected chi connectivity index (χ2v) is 5.14. The summed E-state index contributed by atoms with van der Waals surface area (Å²) in [5, 5.41) is -0.355. The van der Waals surface area contributed by atoms with Gasteiger partial charge in [-0.2, -0.15) is 8.42 Å². The third kappa shape index (κ3) is 1.21. The number of hydrogen-bond donors (Lipinski definition) is 0. The third-order valence-corrected chi connectivity index (χ3v) is 4.42. The molecule has 0 saturated carbocycles. The number of hydrogen-bond acceptors (Lipinski definition) is 4. The Balaban J connectivity index is 0.000000308. The van der Waals surface area contributed by atoms with Gasteiger partial charge >= 0.3 is 0 Å². The van der Waals surface area contributed by atoms with E-state index in [1.165, 1.54) is 0 Å². The van der Waals surface area contributed by atoms with Gasteiger partial charge in [-0.15, -0.1) is 0 Å². The van der Waals surface area contributed by atoms with Crippen LogP contribution >= 0.6 is 0 Å². The Morgan fingerprint density at radius 1 is 1.23 bits per heavy atom. The Morgan fingerprint density at radius 2 is 1.92 bits per heavy atom. The van der Waals surface area contributed by atoms with E-state index in [1.54, 1.807) is 0 Å². The Hall–Kier alpha value is -0.130. The quantitative estimate of drug-likeness (QED) is 0.547. The lowest BCUT2D eigenvalue weighted by molar-refractivity contribution is 0.0838. The first-order chi connectivity index (χ1) is 6.17. The standard InChI is InChI=1S/C6H8O4S.C2H6/c7-11(8)5-2-3-1-4(10-11)6(5)9-3;1-2/h3-6H,1-2H2;1-2H3. The van der Waals surface area contributed by atoms with Gasteiger partial charge in [-0.3, -0.25) is 4.18 Å². The fourth-order valence-electron chi connectivity index (χ4n) is 2.25. The van der Waals surface area contributed by atoms with Crippen molar-refractivity contribution in [1.82, 2.24) is 0 Å². The molecule has 4 atom stereocenters. The van der Waals surface area contributed by atoms with E-state index >= 15 is 0 Å². The lowest BCUT2D eigenvalue weighted by atomic mass is 9.98. The van der Waals surface area contributed by atoms with Gasteiger partial charge < -0.3 is 4.74 Å². The van der Waals surface area contributed by atoms with Crippen LogP contribution in [0.5, 0.6) is 0 Å². The first-order valence-corrected chi connectivity index (χ1v) is 6.21. The van der Waals surface area contributed by atoms with Crippen molar-refractivity contribution < 1.29 is 17.3 Å². The summed E-state index contributed by atoms with van der Waals surface area (Å²) in [6, 6.07) is 0. The molecule has 4 nitrogen and oxygen atoms in total. The molecule has 3 aliphatic heterocycles. The second kappa shape index (κ2) is 2.93. The highest BCUT2D eigenvalue weighted by molar-refractivity contribution is 7.87. The first-order valence-electron chi connectivity index (χ1n) is 4.74. The molecule has 0 aromatic rings. The summed E-state index contributed by atoms with van der Waals surface area (Å²) in [5.41, 5.74) is 0. The van der Waals surface area contributed by atoms with Gasteiger partial charge in [0.05, 0.1) is 6.10 Å². The molecule has 4 unspecified atom stereocenters. The van der Waals surface area contributed by atoms with E-state index in [-0.39, 0.29) is 23.6 Å². The zero-order valence-electron chi connectivity index (χ0n) is 7.76. The Labute approximate surface area is 78.3 Å². The van der Waals surface area contributed by atoms with Crippen molar-refractivity contribution in [3.63, 3.8) is 0 Å². The number of fused-ring (bicyclic) bond motifs is 1. The fourth-order valence-corrected chi connectivity index (χ4v) is 3.94. The molecular formula is C8H14O4S. The summed E-state index contributed by atoms with van der Waals surface area (Å²) in [6.07, 6.45) is 1.24. The van der Waals surface area contributed by atoms with Crippen LogP contribution in [0.2, 0.25) is 0 Å². The van der Waals surface area contributed by atoms with Crippen molar-refractivity contribution in [2.24, 2.45) is 0 Å². The maximum absolute atomic E-state index is 11.2. The lowest BCUT2D eigenvalue weighted by Gasteiger charge is -2.06. The molecule has 0 aliphatic carbocycles. The topological polar surface area (TPSA) is 52.6 Å². The van der Waals surface area contributed by atoms with Gasteiger partial charge in [0, 0.05) is 6.42 Å². The predicted octanol–water partition coefficient (Wildman–Crippen LogP) is 0.671. The van der Waals surface area contributed by atoms with Crippen LogP contribution in [-0.2, 0) is 19.0 Å². The maximum atomic E-state index is 11.2. The monoisotopic (exact) mass is 206 g/mol. The van der Waals surface area contributed by atoms with E-state index in [9.17, 15) is 8.42 Å². The van der Waals surface area contributed by atoms with E-state index < -0.39 is 10.1 Å². The lowest BCUT2D eigenvalue weighted by Crippen LogP contribution is -2.27. The van der Waals surface area contributed by atoms with E-state index in [0.717, 1.165) is 6.42 Å². The minimum absolute atomic E-state index is 0.146. The minimum atomic E-state index is -3.26. The summed E-state index contributed by atoms with van der Waals surface area (Å²) >= 11 is 0. The van der Waals surface area contributed by atoms with Gasteiger partial charge in [-0.05, 0) is 6.42 Å². The van der Waals surface area contributed by atoms with Crippen molar-refractivity contribution in [2.45, 2.75) is 50.3 Å². The van der Waals surface area contributed by atoms with Gasteiger partial charge in [0.25, 0.3) is 10.1 Å². The average molecular weight is 206 g/mol. The van der Waals surface area contributed by atoms with Crippen LogP contribution in [-0.4, -0.2) is 32.0 Å². The van der Waals surface area contributed by atoms with Crippen molar-refractivity contribution in [2.75, 3.05) is 0 Å². The van der Waals surface area contributed by atoms with Crippen LogP contribution in [0.1, 0.15) is 26.7 Å². The summed E-state index contributed by atoms with van der Waals surface area (Å²) < 4.78 is 32.6. The van der Waals surface area contributed by atoms with Crippen LogP contribution in [0.3, 0.4) is 0 Å². The van der Waals surface area contributed by atoms with E-state index in [0.29, 0.717) is 6.42 Å². The summed E-state index contributed by atoms with van der Waals surface area (Å²) in [4.78, 5) is 0. The number of rotatable bonds is 0. The molecule has 2 bridgehead atoms. The van der Waals surface area contributed by atoms with E-state index in [4.69, 9.17) is 8.92 Å². The van der Waals surface area contributed by atoms with E-state index in [1.807, 2.05) is 13.8 Å². The summed E-state index contributed by atoms with van der Waals surface area (Å²) in [6.45, 7) is 4.00. The van der Waals surface area contributed by atoms with Gasteiger partial charge in [0.15, 0.2) is 0 Å². The minimum Gasteiger partial charge on any atom is -0.371 e. The molecule has 0 aromatic heterocycles. The fraction of sp³-hybridized carbons (Fsp3) is 1.00. The zero-order valence-corrected chi connectivity index (χ0v) is 8.58. The molecule has 0 radical (unpaired) electrons. The molecule has 3 fully saturated rings. The van der Waals surface area contributed by atoms with Crippen LogP contribution in [0.25, 0.3) is 0 Å². The molecule has 3 rings (SSSR count). The molecule has 0 amide bonds. The van der Waals surface area contributed by atoms with Crippen LogP contribution in [0, 0.1) is 0 Å². The predicted molar refractivity (Wildman–Crippen MR) is 46.8 cm³/mol. The largest absolute Gasteiger partial charge is 0.371 e. The SMILES string of the molecule is CC.O=S1(=O)OC2CC3CC1C2O3. The van der Waals surface area contributed by atoms with Crippen molar-refractivity contribution in [3.8, 4) is 0 Å². The number of ether oxygens (including phenoxy) is 1. The van der Waals surface area contributed by atoms with Crippen LogP contribution in [0.4, 0.5) is 0 Å². The highest BCUT2D eigenvalue weighted by Crippen LogP contribution is 2.46. The Morgan fingerprint density at radius 3 is 2.38 bits per heavy atom. The third-order valence-electron chi connectivity index (χ3n) is 2.70. The highest BCUT2D eigenvalue weighted by atomic mass is 32.2. The van der Waals surface area contributed by atoms with Crippen molar-refractivity contribution in [3.05, 3.63) is 0 Å². The van der Waals surface area contributed by atoms with Gasteiger partial charge in [0.1, 0.15) is 17.5 Å². The zero-order chi connectivity index (χ0) is 9.64. The molecular weight excluding hydrogens is 192 g/mol. The molecule has 13 heavy (non-hydrogen) atoms. The van der Waals surface area contributed by atoms with Crippen molar-refractivity contribution in [1.29, 1.82) is 0 Å². The molecule has 3 saturated heterocycles. The maximum Gasteiger partial charge on any atom is 0.273 e. The average Bonchev–Trinajstić information content (AvgIpc) is 2.67. The van der Waals surface area contributed by atoms with Crippen LogP contribution < -0.4 is 0 Å². The second-order valence-electron chi connectivity index (χ2n) is 3.36. The van der Waals surface area contributed by atoms with Gasteiger partial charge in [-0.1, -0.05) is 13.8 Å². The van der Waals surface area contributed by atoms with E-state index in [2.05, 4.69) is 0 Å². The molecule has 0 aromatic carbocycles. The smallest absolute Gasteiger partial charge is 0.273 e. The molecule has 0 N–H and O–H groups in total. The molecule has 3 heterocycles. The molecule has 5 heteroatoms. The van der Waals surface area contributed by atoms with Crippen molar-refractivity contribution >= 4 is 10.1 Å². The summed E-state index contributed by atoms with van der Waals surface area (Å²) in [7, 11) is -3.26.